The molecule has 0 amide bonds. The third kappa shape index (κ3) is 2.45. The Hall–Kier alpha value is -1.56. The van der Waals surface area contributed by atoms with Crippen LogP contribution in [0.3, 0.4) is 0 Å². The number of fused-ring (bicyclic) bond motifs is 1. The molecule has 3 heterocycles. The fraction of sp³-hybridized carbons (Fsp3) is 0.462. The van der Waals surface area contributed by atoms with E-state index in [9.17, 15) is 13.2 Å². The number of aromatic nitrogens is 2. The summed E-state index contributed by atoms with van der Waals surface area (Å²) >= 11 is 0. The van der Waals surface area contributed by atoms with Crippen LogP contribution in [0.15, 0.2) is 24.5 Å². The van der Waals surface area contributed by atoms with Gasteiger partial charge in [0.1, 0.15) is 5.65 Å². The fourth-order valence-electron chi connectivity index (χ4n) is 2.45. The summed E-state index contributed by atoms with van der Waals surface area (Å²) in [5.41, 5.74) is 0.718. The maximum atomic E-state index is 12.6. The lowest BCUT2D eigenvalue weighted by molar-refractivity contribution is -0.137. The molecule has 1 fully saturated rings. The molecule has 0 bridgehead atoms. The largest absolute Gasteiger partial charge is 0.417 e. The van der Waals surface area contributed by atoms with E-state index in [1.54, 1.807) is 6.20 Å². The zero-order chi connectivity index (χ0) is 13.5. The van der Waals surface area contributed by atoms with Gasteiger partial charge in [-0.3, -0.25) is 0 Å². The van der Waals surface area contributed by atoms with Gasteiger partial charge in [0, 0.05) is 12.4 Å². The molecule has 0 radical (unpaired) electrons. The first-order valence-corrected chi connectivity index (χ1v) is 6.33. The van der Waals surface area contributed by atoms with Crippen LogP contribution in [0.25, 0.3) is 5.65 Å². The van der Waals surface area contributed by atoms with Gasteiger partial charge in [-0.25, -0.2) is 4.98 Å². The van der Waals surface area contributed by atoms with Crippen LogP contribution >= 0.6 is 0 Å². The van der Waals surface area contributed by atoms with E-state index in [0.29, 0.717) is 5.65 Å². The highest BCUT2D eigenvalue weighted by molar-refractivity contribution is 5.42. The highest BCUT2D eigenvalue weighted by Gasteiger charge is 2.31. The number of pyridine rings is 1. The van der Waals surface area contributed by atoms with Crippen LogP contribution in [0, 0.1) is 0 Å². The number of nitrogens with one attached hydrogen (secondary N) is 1. The van der Waals surface area contributed by atoms with E-state index < -0.39 is 11.7 Å². The summed E-state index contributed by atoms with van der Waals surface area (Å²) in [4.78, 5) is 4.39. The second kappa shape index (κ2) is 4.52. The Kier molecular flexibility index (Phi) is 2.97. The molecule has 1 aliphatic rings. The van der Waals surface area contributed by atoms with Gasteiger partial charge in [-0.2, -0.15) is 13.2 Å². The lowest BCUT2D eigenvalue weighted by Gasteiger charge is -2.21. The van der Waals surface area contributed by atoms with Gasteiger partial charge < -0.3 is 9.72 Å². The molecule has 6 heteroatoms. The summed E-state index contributed by atoms with van der Waals surface area (Å²) in [5.74, 6) is 0. The van der Waals surface area contributed by atoms with E-state index in [4.69, 9.17) is 0 Å². The maximum absolute atomic E-state index is 12.6. The van der Waals surface area contributed by atoms with Crippen LogP contribution in [-0.4, -0.2) is 15.9 Å². The minimum atomic E-state index is -4.32. The van der Waals surface area contributed by atoms with E-state index >= 15 is 0 Å². The predicted octanol–water partition coefficient (Wildman–Crippen LogP) is 3.17. The van der Waals surface area contributed by atoms with Crippen molar-refractivity contribution >= 4 is 5.65 Å². The highest BCUT2D eigenvalue weighted by Crippen LogP contribution is 2.30. The third-order valence-corrected chi connectivity index (χ3v) is 3.46. The average molecular weight is 269 g/mol. The molecule has 1 aliphatic heterocycles. The summed E-state index contributed by atoms with van der Waals surface area (Å²) in [5, 5.41) is 3.34. The Morgan fingerprint density at radius 2 is 2.05 bits per heavy atom. The molecule has 0 saturated carbocycles. The first-order valence-electron chi connectivity index (χ1n) is 6.33. The van der Waals surface area contributed by atoms with E-state index in [2.05, 4.69) is 10.3 Å². The standard InChI is InChI=1S/C13H14F3N3/c14-13(15,16)9-4-5-12-18-11(8-19(12)7-9)10-3-1-2-6-17-10/h4-5,7-8,10,17H,1-3,6H2. The van der Waals surface area contributed by atoms with Crippen molar-refractivity contribution in [2.24, 2.45) is 0 Å². The first-order chi connectivity index (χ1) is 9.04. The number of hydrogen-bond acceptors (Lipinski definition) is 2. The van der Waals surface area contributed by atoms with Crippen molar-refractivity contribution in [1.29, 1.82) is 0 Å². The van der Waals surface area contributed by atoms with Crippen molar-refractivity contribution in [3.8, 4) is 0 Å². The second-order valence-corrected chi connectivity index (χ2v) is 4.85. The molecule has 0 aromatic carbocycles. The molecular formula is C13H14F3N3. The lowest BCUT2D eigenvalue weighted by Crippen LogP contribution is -2.26. The van der Waals surface area contributed by atoms with Gasteiger partial charge in [0.15, 0.2) is 0 Å². The normalized spacial score (nSPS) is 20.9. The summed E-state index contributed by atoms with van der Waals surface area (Å²) in [6.07, 6.45) is 1.71. The van der Waals surface area contributed by atoms with Gasteiger partial charge in [0.2, 0.25) is 0 Å². The zero-order valence-corrected chi connectivity index (χ0v) is 10.2. The Balaban J connectivity index is 1.96. The number of alkyl halides is 3. The number of piperidine rings is 1. The molecular weight excluding hydrogens is 255 g/mol. The van der Waals surface area contributed by atoms with Crippen LogP contribution in [0.2, 0.25) is 0 Å². The van der Waals surface area contributed by atoms with Gasteiger partial charge in [-0.15, -0.1) is 0 Å². The average Bonchev–Trinajstić information content (AvgIpc) is 2.81. The molecule has 1 saturated heterocycles. The van der Waals surface area contributed by atoms with Crippen molar-refractivity contribution in [1.82, 2.24) is 14.7 Å². The quantitative estimate of drug-likeness (QED) is 0.861. The monoisotopic (exact) mass is 269 g/mol. The lowest BCUT2D eigenvalue weighted by atomic mass is 10.0. The van der Waals surface area contributed by atoms with Gasteiger partial charge in [-0.05, 0) is 31.5 Å². The number of rotatable bonds is 1. The number of nitrogens with zero attached hydrogens (tertiary/aromatic N) is 2. The van der Waals surface area contributed by atoms with Crippen LogP contribution in [0.4, 0.5) is 13.2 Å². The second-order valence-electron chi connectivity index (χ2n) is 4.85. The van der Waals surface area contributed by atoms with Crippen molar-refractivity contribution in [3.63, 3.8) is 0 Å². The minimum absolute atomic E-state index is 0.156. The van der Waals surface area contributed by atoms with Gasteiger partial charge >= 0.3 is 6.18 Å². The number of imidazole rings is 1. The van der Waals surface area contributed by atoms with Crippen molar-refractivity contribution in [3.05, 3.63) is 35.8 Å². The van der Waals surface area contributed by atoms with Crippen molar-refractivity contribution < 1.29 is 13.2 Å². The van der Waals surface area contributed by atoms with Gasteiger partial charge in [0.05, 0.1) is 17.3 Å². The SMILES string of the molecule is FC(F)(F)c1ccc2nc(C3CCCCN3)cn2c1. The molecule has 1 unspecified atom stereocenters. The van der Waals surface area contributed by atoms with Crippen LogP contribution in [0.1, 0.15) is 36.6 Å². The third-order valence-electron chi connectivity index (χ3n) is 3.46. The molecule has 19 heavy (non-hydrogen) atoms. The zero-order valence-electron chi connectivity index (χ0n) is 10.2. The fourth-order valence-corrected chi connectivity index (χ4v) is 2.45. The Morgan fingerprint density at radius 1 is 1.21 bits per heavy atom. The molecule has 2 aromatic rings. The highest BCUT2D eigenvalue weighted by atomic mass is 19.4. The van der Waals surface area contributed by atoms with Gasteiger partial charge in [0.25, 0.3) is 0 Å². The van der Waals surface area contributed by atoms with Crippen LogP contribution < -0.4 is 5.32 Å². The Labute approximate surface area is 108 Å². The smallest absolute Gasteiger partial charge is 0.309 e. The predicted molar refractivity (Wildman–Crippen MR) is 64.8 cm³/mol. The molecule has 2 aromatic heterocycles. The Morgan fingerprint density at radius 3 is 2.74 bits per heavy atom. The van der Waals surface area contributed by atoms with Crippen molar-refractivity contribution in [2.75, 3.05) is 6.54 Å². The first kappa shape index (κ1) is 12.5. The molecule has 1 atom stereocenters. The van der Waals surface area contributed by atoms with Gasteiger partial charge in [-0.1, -0.05) is 6.42 Å². The molecule has 3 nitrogen and oxygen atoms in total. The van der Waals surface area contributed by atoms with Crippen molar-refractivity contribution in [2.45, 2.75) is 31.5 Å². The summed E-state index contributed by atoms with van der Waals surface area (Å²) in [6.45, 7) is 0.937. The van der Waals surface area contributed by atoms with E-state index in [1.807, 2.05) is 0 Å². The summed E-state index contributed by atoms with van der Waals surface area (Å²) in [6, 6.07) is 2.64. The molecule has 102 valence electrons. The summed E-state index contributed by atoms with van der Waals surface area (Å²) in [7, 11) is 0. The van der Waals surface area contributed by atoms with E-state index in [0.717, 1.165) is 43.8 Å². The summed E-state index contributed by atoms with van der Waals surface area (Å²) < 4.78 is 39.3. The number of halogens is 3. The minimum Gasteiger partial charge on any atom is -0.309 e. The molecule has 0 spiro atoms. The molecule has 0 aliphatic carbocycles. The molecule has 3 rings (SSSR count). The molecule has 1 N–H and O–H groups in total. The van der Waals surface area contributed by atoms with Crippen LogP contribution in [-0.2, 0) is 6.18 Å². The topological polar surface area (TPSA) is 29.3 Å². The van der Waals surface area contributed by atoms with E-state index in [-0.39, 0.29) is 6.04 Å². The Bertz CT molecular complexity index is 582. The van der Waals surface area contributed by atoms with E-state index in [1.165, 1.54) is 10.5 Å². The van der Waals surface area contributed by atoms with Crippen LogP contribution in [0.5, 0.6) is 0 Å². The number of hydrogen-bond donors (Lipinski definition) is 1. The maximum Gasteiger partial charge on any atom is 0.417 e.